The molecule has 2 aromatic rings. The Labute approximate surface area is 138 Å². The Morgan fingerprint density at radius 2 is 2.04 bits per heavy atom. The summed E-state index contributed by atoms with van der Waals surface area (Å²) in [5.41, 5.74) is 3.14. The maximum atomic E-state index is 12.4. The van der Waals surface area contributed by atoms with Gasteiger partial charge in [0.25, 0.3) is 5.91 Å². The summed E-state index contributed by atoms with van der Waals surface area (Å²) in [5, 5.41) is 3.30. The van der Waals surface area contributed by atoms with Crippen molar-refractivity contribution < 1.29 is 4.79 Å². The lowest BCUT2D eigenvalue weighted by atomic mass is 10.1. The van der Waals surface area contributed by atoms with Crippen LogP contribution in [0.25, 0.3) is 0 Å². The SMILES string of the molecule is CCCCN(C)C(=O)c1ccnc(NCc2ccccc2C)c1. The first-order chi connectivity index (χ1) is 11.1. The predicted octanol–water partition coefficient (Wildman–Crippen LogP) is 3.87. The third-order valence-electron chi connectivity index (χ3n) is 3.92. The summed E-state index contributed by atoms with van der Waals surface area (Å²) in [4.78, 5) is 18.5. The number of aryl methyl sites for hydroxylation is 1. The number of benzene rings is 1. The average molecular weight is 311 g/mol. The van der Waals surface area contributed by atoms with Crippen LogP contribution >= 0.6 is 0 Å². The molecule has 1 aromatic carbocycles. The van der Waals surface area contributed by atoms with Gasteiger partial charge in [0.2, 0.25) is 0 Å². The van der Waals surface area contributed by atoms with Crippen molar-refractivity contribution in [2.75, 3.05) is 18.9 Å². The van der Waals surface area contributed by atoms with Gasteiger partial charge < -0.3 is 10.2 Å². The number of nitrogens with zero attached hydrogens (tertiary/aromatic N) is 2. The molecule has 1 amide bonds. The van der Waals surface area contributed by atoms with Gasteiger partial charge >= 0.3 is 0 Å². The molecule has 4 nitrogen and oxygen atoms in total. The Morgan fingerprint density at radius 3 is 2.78 bits per heavy atom. The number of anilines is 1. The van der Waals surface area contributed by atoms with Gasteiger partial charge in [-0.2, -0.15) is 0 Å². The topological polar surface area (TPSA) is 45.2 Å². The van der Waals surface area contributed by atoms with Gasteiger partial charge in [-0.25, -0.2) is 4.98 Å². The van der Waals surface area contributed by atoms with Crippen LogP contribution in [0.1, 0.15) is 41.3 Å². The second-order valence-corrected chi connectivity index (χ2v) is 5.79. The van der Waals surface area contributed by atoms with Crippen LogP contribution in [0.2, 0.25) is 0 Å². The Bertz CT molecular complexity index is 655. The maximum absolute atomic E-state index is 12.4. The van der Waals surface area contributed by atoms with E-state index in [2.05, 4.69) is 36.3 Å². The molecule has 23 heavy (non-hydrogen) atoms. The first kappa shape index (κ1) is 17.0. The number of nitrogens with one attached hydrogen (secondary N) is 1. The zero-order chi connectivity index (χ0) is 16.7. The molecule has 0 atom stereocenters. The van der Waals surface area contributed by atoms with E-state index in [-0.39, 0.29) is 5.91 Å². The van der Waals surface area contributed by atoms with Crippen molar-refractivity contribution in [3.63, 3.8) is 0 Å². The molecule has 0 radical (unpaired) electrons. The highest BCUT2D eigenvalue weighted by Gasteiger charge is 2.12. The molecule has 0 aliphatic heterocycles. The van der Waals surface area contributed by atoms with Crippen molar-refractivity contribution in [1.82, 2.24) is 9.88 Å². The van der Waals surface area contributed by atoms with E-state index in [9.17, 15) is 4.79 Å². The number of hydrogen-bond acceptors (Lipinski definition) is 3. The van der Waals surface area contributed by atoms with Crippen LogP contribution in [0.15, 0.2) is 42.6 Å². The molecule has 0 bridgehead atoms. The molecule has 4 heteroatoms. The van der Waals surface area contributed by atoms with Crippen LogP contribution in [0.3, 0.4) is 0 Å². The monoisotopic (exact) mass is 311 g/mol. The molecule has 0 spiro atoms. The van der Waals surface area contributed by atoms with E-state index in [0.29, 0.717) is 12.1 Å². The van der Waals surface area contributed by atoms with Gasteiger partial charge in [-0.15, -0.1) is 0 Å². The minimum Gasteiger partial charge on any atom is -0.366 e. The van der Waals surface area contributed by atoms with Gasteiger partial charge in [-0.3, -0.25) is 4.79 Å². The van der Waals surface area contributed by atoms with Crippen LogP contribution < -0.4 is 5.32 Å². The highest BCUT2D eigenvalue weighted by Crippen LogP contribution is 2.13. The standard InChI is InChI=1S/C19H25N3O/c1-4-5-12-22(3)19(23)16-10-11-20-18(13-16)21-14-17-9-7-6-8-15(17)2/h6-11,13H,4-5,12,14H2,1-3H3,(H,20,21). The van der Waals surface area contributed by atoms with Crippen LogP contribution in [-0.4, -0.2) is 29.4 Å². The molecule has 0 fully saturated rings. The van der Waals surface area contributed by atoms with Gasteiger partial charge in [0.05, 0.1) is 0 Å². The normalized spacial score (nSPS) is 10.4. The minimum absolute atomic E-state index is 0.0415. The van der Waals surface area contributed by atoms with Crippen molar-refractivity contribution >= 4 is 11.7 Å². The fourth-order valence-corrected chi connectivity index (χ4v) is 2.37. The Hall–Kier alpha value is -2.36. The molecule has 0 aliphatic rings. The highest BCUT2D eigenvalue weighted by atomic mass is 16.2. The van der Waals surface area contributed by atoms with Crippen molar-refractivity contribution in [3.8, 4) is 0 Å². The molecule has 0 aliphatic carbocycles. The summed E-state index contributed by atoms with van der Waals surface area (Å²) >= 11 is 0. The largest absolute Gasteiger partial charge is 0.366 e. The lowest BCUT2D eigenvalue weighted by molar-refractivity contribution is 0.0793. The molecule has 1 heterocycles. The summed E-state index contributed by atoms with van der Waals surface area (Å²) in [5.74, 6) is 0.766. The van der Waals surface area contributed by atoms with E-state index in [0.717, 1.165) is 25.2 Å². The maximum Gasteiger partial charge on any atom is 0.253 e. The van der Waals surface area contributed by atoms with Crippen LogP contribution in [0.4, 0.5) is 5.82 Å². The molecule has 122 valence electrons. The van der Waals surface area contributed by atoms with E-state index in [4.69, 9.17) is 0 Å². The molecular weight excluding hydrogens is 286 g/mol. The van der Waals surface area contributed by atoms with Crippen molar-refractivity contribution in [3.05, 3.63) is 59.3 Å². The summed E-state index contributed by atoms with van der Waals surface area (Å²) in [7, 11) is 1.85. The van der Waals surface area contributed by atoms with Gasteiger partial charge in [-0.1, -0.05) is 37.6 Å². The molecular formula is C19H25N3O. The van der Waals surface area contributed by atoms with Crippen molar-refractivity contribution in [2.45, 2.75) is 33.2 Å². The number of carbonyl (C=O) groups excluding carboxylic acids is 1. The third kappa shape index (κ3) is 4.81. The van der Waals surface area contributed by atoms with Gasteiger partial charge in [0.1, 0.15) is 5.82 Å². The molecule has 1 aromatic heterocycles. The van der Waals surface area contributed by atoms with Crippen LogP contribution in [0.5, 0.6) is 0 Å². The Morgan fingerprint density at radius 1 is 1.26 bits per heavy atom. The quantitative estimate of drug-likeness (QED) is 0.844. The van der Waals surface area contributed by atoms with Crippen LogP contribution in [0, 0.1) is 6.92 Å². The average Bonchev–Trinajstić information content (AvgIpc) is 2.58. The van der Waals surface area contributed by atoms with E-state index in [1.807, 2.05) is 25.2 Å². The van der Waals surface area contributed by atoms with E-state index in [1.165, 1.54) is 11.1 Å². The summed E-state index contributed by atoms with van der Waals surface area (Å²) in [6.45, 7) is 5.69. The Balaban J connectivity index is 2.02. The van der Waals surface area contributed by atoms with Crippen molar-refractivity contribution in [1.29, 1.82) is 0 Å². The number of unbranched alkanes of at least 4 members (excludes halogenated alkanes) is 1. The second-order valence-electron chi connectivity index (χ2n) is 5.79. The number of pyridine rings is 1. The number of hydrogen-bond donors (Lipinski definition) is 1. The first-order valence-electron chi connectivity index (χ1n) is 8.11. The number of carbonyl (C=O) groups is 1. The smallest absolute Gasteiger partial charge is 0.253 e. The molecule has 0 unspecified atom stereocenters. The molecule has 1 N–H and O–H groups in total. The van der Waals surface area contributed by atoms with Crippen LogP contribution in [-0.2, 0) is 6.54 Å². The molecule has 0 saturated heterocycles. The fraction of sp³-hybridized carbons (Fsp3) is 0.368. The van der Waals surface area contributed by atoms with E-state index >= 15 is 0 Å². The molecule has 0 saturated carbocycles. The number of rotatable bonds is 7. The van der Waals surface area contributed by atoms with Gasteiger partial charge in [-0.05, 0) is 36.6 Å². The first-order valence-corrected chi connectivity index (χ1v) is 8.11. The second kappa shape index (κ2) is 8.32. The number of amides is 1. The minimum atomic E-state index is 0.0415. The zero-order valence-corrected chi connectivity index (χ0v) is 14.2. The molecule has 2 rings (SSSR count). The third-order valence-corrected chi connectivity index (χ3v) is 3.92. The Kier molecular flexibility index (Phi) is 6.15. The lowest BCUT2D eigenvalue weighted by Crippen LogP contribution is -2.27. The summed E-state index contributed by atoms with van der Waals surface area (Å²) in [6.07, 6.45) is 3.78. The summed E-state index contributed by atoms with van der Waals surface area (Å²) < 4.78 is 0. The zero-order valence-electron chi connectivity index (χ0n) is 14.2. The highest BCUT2D eigenvalue weighted by molar-refractivity contribution is 5.94. The predicted molar refractivity (Wildman–Crippen MR) is 94.6 cm³/mol. The van der Waals surface area contributed by atoms with Gasteiger partial charge in [0, 0.05) is 31.9 Å². The fourth-order valence-electron chi connectivity index (χ4n) is 2.37. The van der Waals surface area contributed by atoms with Crippen molar-refractivity contribution in [2.24, 2.45) is 0 Å². The lowest BCUT2D eigenvalue weighted by Gasteiger charge is -2.17. The van der Waals surface area contributed by atoms with Gasteiger partial charge in [0.15, 0.2) is 0 Å². The summed E-state index contributed by atoms with van der Waals surface area (Å²) in [6, 6.07) is 11.8. The van der Waals surface area contributed by atoms with E-state index < -0.39 is 0 Å². The van der Waals surface area contributed by atoms with E-state index in [1.54, 1.807) is 17.2 Å². The number of aromatic nitrogens is 1.